The zero-order valence-corrected chi connectivity index (χ0v) is 14.5. The number of hydrogen-bond acceptors (Lipinski definition) is 3. The SMILES string of the molecule is COc1ccc(C[C@@H](C)C(=O)N2CCC[C@H](CCC(=O)O)C2)cc1. The topological polar surface area (TPSA) is 66.8 Å². The maximum Gasteiger partial charge on any atom is 0.303 e. The number of likely N-dealkylation sites (tertiary alicyclic amines) is 1. The van der Waals surface area contributed by atoms with Crippen LogP contribution in [-0.4, -0.2) is 42.1 Å². The average molecular weight is 333 g/mol. The first-order valence-electron chi connectivity index (χ1n) is 8.63. The predicted octanol–water partition coefficient (Wildman–Crippen LogP) is 2.98. The number of amides is 1. The fourth-order valence-electron chi connectivity index (χ4n) is 3.34. The highest BCUT2D eigenvalue weighted by Crippen LogP contribution is 2.23. The van der Waals surface area contributed by atoms with Gasteiger partial charge in [0.1, 0.15) is 5.75 Å². The van der Waals surface area contributed by atoms with Gasteiger partial charge >= 0.3 is 5.97 Å². The van der Waals surface area contributed by atoms with Gasteiger partial charge in [0.15, 0.2) is 0 Å². The van der Waals surface area contributed by atoms with E-state index in [1.54, 1.807) is 7.11 Å². The average Bonchev–Trinajstić information content (AvgIpc) is 2.60. The summed E-state index contributed by atoms with van der Waals surface area (Å²) in [5.74, 6) is 0.468. The van der Waals surface area contributed by atoms with Gasteiger partial charge in [0.05, 0.1) is 7.11 Å². The molecule has 1 amide bonds. The maximum atomic E-state index is 12.7. The minimum atomic E-state index is -0.758. The molecule has 0 aromatic heterocycles. The third kappa shape index (κ3) is 5.25. The molecular formula is C19H27NO4. The van der Waals surface area contributed by atoms with E-state index in [-0.39, 0.29) is 18.2 Å². The summed E-state index contributed by atoms with van der Waals surface area (Å²) >= 11 is 0. The minimum absolute atomic E-state index is 0.0726. The van der Waals surface area contributed by atoms with Crippen LogP contribution in [0.15, 0.2) is 24.3 Å². The van der Waals surface area contributed by atoms with Crippen LogP contribution in [0.3, 0.4) is 0 Å². The van der Waals surface area contributed by atoms with E-state index in [4.69, 9.17) is 9.84 Å². The second kappa shape index (κ2) is 8.71. The zero-order chi connectivity index (χ0) is 17.5. The Bertz CT molecular complexity index is 555. The molecule has 24 heavy (non-hydrogen) atoms. The van der Waals surface area contributed by atoms with Crippen LogP contribution in [0.2, 0.25) is 0 Å². The molecule has 0 unspecified atom stereocenters. The molecule has 1 N–H and O–H groups in total. The van der Waals surface area contributed by atoms with Gasteiger partial charge in [-0.25, -0.2) is 0 Å². The third-order valence-electron chi connectivity index (χ3n) is 4.72. The summed E-state index contributed by atoms with van der Waals surface area (Å²) in [7, 11) is 1.64. The molecule has 0 spiro atoms. The van der Waals surface area contributed by atoms with Crippen LogP contribution < -0.4 is 4.74 Å². The van der Waals surface area contributed by atoms with Crippen LogP contribution in [0.1, 0.15) is 38.2 Å². The van der Waals surface area contributed by atoms with Crippen molar-refractivity contribution in [3.05, 3.63) is 29.8 Å². The number of methoxy groups -OCH3 is 1. The van der Waals surface area contributed by atoms with E-state index in [2.05, 4.69) is 0 Å². The van der Waals surface area contributed by atoms with Gasteiger partial charge < -0.3 is 14.7 Å². The molecule has 1 aliphatic rings. The van der Waals surface area contributed by atoms with Gasteiger partial charge in [0, 0.05) is 25.4 Å². The van der Waals surface area contributed by atoms with E-state index in [9.17, 15) is 9.59 Å². The van der Waals surface area contributed by atoms with E-state index in [0.717, 1.165) is 30.7 Å². The largest absolute Gasteiger partial charge is 0.497 e. The van der Waals surface area contributed by atoms with Crippen molar-refractivity contribution in [3.8, 4) is 5.75 Å². The summed E-state index contributed by atoms with van der Waals surface area (Å²) in [5.41, 5.74) is 1.12. The molecule has 2 atom stereocenters. The van der Waals surface area contributed by atoms with Crippen LogP contribution in [-0.2, 0) is 16.0 Å². The van der Waals surface area contributed by atoms with Crippen molar-refractivity contribution in [1.82, 2.24) is 4.90 Å². The molecule has 1 saturated heterocycles. The van der Waals surface area contributed by atoms with Gasteiger partial charge in [-0.2, -0.15) is 0 Å². The van der Waals surface area contributed by atoms with Crippen molar-refractivity contribution < 1.29 is 19.4 Å². The van der Waals surface area contributed by atoms with E-state index in [1.165, 1.54) is 0 Å². The first-order valence-corrected chi connectivity index (χ1v) is 8.63. The molecule has 2 rings (SSSR count). The third-order valence-corrected chi connectivity index (χ3v) is 4.72. The highest BCUT2D eigenvalue weighted by molar-refractivity contribution is 5.79. The van der Waals surface area contributed by atoms with Crippen molar-refractivity contribution in [2.75, 3.05) is 20.2 Å². The highest BCUT2D eigenvalue weighted by Gasteiger charge is 2.27. The molecule has 5 nitrogen and oxygen atoms in total. The predicted molar refractivity (Wildman–Crippen MR) is 92.0 cm³/mol. The lowest BCUT2D eigenvalue weighted by Crippen LogP contribution is -2.43. The van der Waals surface area contributed by atoms with Gasteiger partial charge in [-0.3, -0.25) is 9.59 Å². The van der Waals surface area contributed by atoms with Crippen molar-refractivity contribution >= 4 is 11.9 Å². The first-order chi connectivity index (χ1) is 11.5. The normalized spacial score (nSPS) is 18.9. The molecule has 1 aromatic carbocycles. The van der Waals surface area contributed by atoms with Crippen molar-refractivity contribution in [2.45, 2.75) is 39.0 Å². The number of aliphatic carboxylic acids is 1. The molecule has 0 bridgehead atoms. The molecule has 1 aliphatic heterocycles. The van der Waals surface area contributed by atoms with Gasteiger partial charge in [0.2, 0.25) is 5.91 Å². The molecule has 1 fully saturated rings. The molecule has 132 valence electrons. The van der Waals surface area contributed by atoms with E-state index >= 15 is 0 Å². The summed E-state index contributed by atoms with van der Waals surface area (Å²) in [6, 6.07) is 7.81. The van der Waals surface area contributed by atoms with E-state index < -0.39 is 5.97 Å². The van der Waals surface area contributed by atoms with Crippen LogP contribution in [0.25, 0.3) is 0 Å². The Kier molecular flexibility index (Phi) is 6.64. The fraction of sp³-hybridized carbons (Fsp3) is 0.579. The monoisotopic (exact) mass is 333 g/mol. The molecule has 0 aliphatic carbocycles. The quantitative estimate of drug-likeness (QED) is 0.833. The van der Waals surface area contributed by atoms with Gasteiger partial charge in [-0.1, -0.05) is 19.1 Å². The fourth-order valence-corrected chi connectivity index (χ4v) is 3.34. The van der Waals surface area contributed by atoms with Crippen LogP contribution in [0, 0.1) is 11.8 Å². The Morgan fingerprint density at radius 1 is 1.33 bits per heavy atom. The van der Waals surface area contributed by atoms with E-state index in [0.29, 0.717) is 25.3 Å². The Morgan fingerprint density at radius 3 is 2.67 bits per heavy atom. The summed E-state index contributed by atoms with van der Waals surface area (Å²) in [5, 5.41) is 8.82. The van der Waals surface area contributed by atoms with Gasteiger partial charge in [-0.05, 0) is 49.3 Å². The number of carboxylic acid groups (broad SMARTS) is 1. The number of nitrogens with zero attached hydrogens (tertiary/aromatic N) is 1. The zero-order valence-electron chi connectivity index (χ0n) is 14.5. The molecule has 0 saturated carbocycles. The molecule has 5 heteroatoms. The summed E-state index contributed by atoms with van der Waals surface area (Å²) in [6.07, 6.45) is 3.54. The number of piperidine rings is 1. The lowest BCUT2D eigenvalue weighted by molar-refractivity contribution is -0.137. The minimum Gasteiger partial charge on any atom is -0.497 e. The van der Waals surface area contributed by atoms with Crippen molar-refractivity contribution in [1.29, 1.82) is 0 Å². The van der Waals surface area contributed by atoms with Crippen LogP contribution >= 0.6 is 0 Å². The highest BCUT2D eigenvalue weighted by atomic mass is 16.5. The molecule has 0 radical (unpaired) electrons. The second-order valence-corrected chi connectivity index (χ2v) is 6.68. The summed E-state index contributed by atoms with van der Waals surface area (Å²) < 4.78 is 5.15. The summed E-state index contributed by atoms with van der Waals surface area (Å²) in [6.45, 7) is 3.45. The number of hydrogen-bond donors (Lipinski definition) is 1. The number of benzene rings is 1. The lowest BCUT2D eigenvalue weighted by Gasteiger charge is -2.34. The second-order valence-electron chi connectivity index (χ2n) is 6.68. The lowest BCUT2D eigenvalue weighted by atomic mass is 9.91. The van der Waals surface area contributed by atoms with Crippen LogP contribution in [0.5, 0.6) is 5.75 Å². The summed E-state index contributed by atoms with van der Waals surface area (Å²) in [4.78, 5) is 25.3. The smallest absolute Gasteiger partial charge is 0.303 e. The maximum absolute atomic E-state index is 12.7. The Balaban J connectivity index is 1.87. The van der Waals surface area contributed by atoms with Gasteiger partial charge in [-0.15, -0.1) is 0 Å². The number of carboxylic acids is 1. The molecular weight excluding hydrogens is 306 g/mol. The number of rotatable bonds is 7. The van der Waals surface area contributed by atoms with Gasteiger partial charge in [0.25, 0.3) is 0 Å². The first kappa shape index (κ1) is 18.3. The Hall–Kier alpha value is -2.04. The Labute approximate surface area is 143 Å². The van der Waals surface area contributed by atoms with Crippen LogP contribution in [0.4, 0.5) is 0 Å². The number of carbonyl (C=O) groups excluding carboxylic acids is 1. The molecule has 1 heterocycles. The number of carbonyl (C=O) groups is 2. The number of ether oxygens (including phenoxy) is 1. The van der Waals surface area contributed by atoms with Crippen molar-refractivity contribution in [3.63, 3.8) is 0 Å². The molecule has 1 aromatic rings. The van der Waals surface area contributed by atoms with E-state index in [1.807, 2.05) is 36.1 Å². The van der Waals surface area contributed by atoms with Crippen molar-refractivity contribution in [2.24, 2.45) is 11.8 Å². The Morgan fingerprint density at radius 2 is 2.04 bits per heavy atom. The standard InChI is InChI=1S/C19H27NO4/c1-14(12-15-5-8-17(24-2)9-6-15)19(23)20-11-3-4-16(13-20)7-10-18(21)22/h5-6,8-9,14,16H,3-4,7,10-13H2,1-2H3,(H,21,22)/t14-,16-/m1/s1.